The zero-order valence-corrected chi connectivity index (χ0v) is 21.1. The molecule has 1 amide bonds. The van der Waals surface area contributed by atoms with E-state index in [-0.39, 0.29) is 23.0 Å². The van der Waals surface area contributed by atoms with Gasteiger partial charge in [-0.1, -0.05) is 38.1 Å². The predicted octanol–water partition coefficient (Wildman–Crippen LogP) is 3.21. The number of carbonyl (C=O) groups excluding carboxylic acids is 1. The Morgan fingerprint density at radius 2 is 2.00 bits per heavy atom. The molecule has 0 fully saturated rings. The first-order chi connectivity index (χ1) is 17.9. The Bertz CT molecular complexity index is 1380. The summed E-state index contributed by atoms with van der Waals surface area (Å²) >= 11 is 0. The van der Waals surface area contributed by atoms with Crippen LogP contribution >= 0.6 is 0 Å². The van der Waals surface area contributed by atoms with E-state index < -0.39 is 0 Å². The predicted molar refractivity (Wildman–Crippen MR) is 142 cm³/mol. The smallest absolute Gasteiger partial charge is 0.272 e. The summed E-state index contributed by atoms with van der Waals surface area (Å²) in [6.07, 6.45) is 2.29. The van der Waals surface area contributed by atoms with Crippen LogP contribution in [0.4, 0.5) is 5.82 Å². The fourth-order valence-corrected chi connectivity index (χ4v) is 4.42. The lowest BCUT2D eigenvalue weighted by Crippen LogP contribution is -2.38. The fraction of sp³-hybridized carbons (Fsp3) is 0.407. The Morgan fingerprint density at radius 1 is 1.16 bits per heavy atom. The molecule has 3 heterocycles. The van der Waals surface area contributed by atoms with Crippen LogP contribution in [-0.2, 0) is 16.1 Å². The van der Waals surface area contributed by atoms with E-state index in [1.165, 1.54) is 5.56 Å². The normalized spacial score (nSPS) is 16.6. The average Bonchev–Trinajstić information content (AvgIpc) is 3.57. The number of aromatic amines is 1. The van der Waals surface area contributed by atoms with E-state index >= 15 is 0 Å². The van der Waals surface area contributed by atoms with Crippen molar-refractivity contribution in [2.45, 2.75) is 45.7 Å². The molecule has 3 aromatic rings. The first kappa shape index (κ1) is 24.8. The number of hydrogen-bond acceptors (Lipinski definition) is 8. The minimum atomic E-state index is -0.239. The van der Waals surface area contributed by atoms with Crippen LogP contribution in [0.25, 0.3) is 10.8 Å². The molecule has 0 radical (unpaired) electrons. The Balaban J connectivity index is 1.05. The highest BCUT2D eigenvalue weighted by Gasteiger charge is 2.23. The average molecular weight is 505 g/mol. The fourth-order valence-electron chi connectivity index (χ4n) is 4.42. The third-order valence-corrected chi connectivity index (χ3v) is 6.58. The Labute approximate surface area is 214 Å². The lowest BCUT2D eigenvalue weighted by atomic mass is 9.93. The van der Waals surface area contributed by atoms with Crippen LogP contribution in [-0.4, -0.2) is 41.7 Å². The van der Waals surface area contributed by atoms with Gasteiger partial charge in [0.2, 0.25) is 11.8 Å². The maximum Gasteiger partial charge on any atom is 0.272 e. The van der Waals surface area contributed by atoms with Gasteiger partial charge in [-0.2, -0.15) is 5.10 Å². The monoisotopic (exact) mass is 504 g/mol. The Kier molecular flexibility index (Phi) is 7.09. The topological polar surface area (TPSA) is 130 Å². The van der Waals surface area contributed by atoms with Gasteiger partial charge in [-0.15, -0.1) is 5.48 Å². The van der Waals surface area contributed by atoms with E-state index in [1.807, 2.05) is 30.3 Å². The summed E-state index contributed by atoms with van der Waals surface area (Å²) in [4.78, 5) is 34.6. The molecule has 0 saturated carbocycles. The zero-order chi connectivity index (χ0) is 25.8. The van der Waals surface area contributed by atoms with Crippen LogP contribution in [0.2, 0.25) is 0 Å². The molecule has 2 aliphatic heterocycles. The molecule has 10 nitrogen and oxygen atoms in total. The number of nitrogens with one attached hydrogen (secondary N) is 4. The van der Waals surface area contributed by atoms with Crippen LogP contribution < -0.4 is 26.4 Å². The molecule has 0 spiro atoms. The maximum atomic E-state index is 12.5. The number of hydroxylamine groups is 1. The van der Waals surface area contributed by atoms with Crippen molar-refractivity contribution in [2.75, 3.05) is 25.0 Å². The van der Waals surface area contributed by atoms with Gasteiger partial charge in [-0.25, -0.2) is 10.1 Å². The van der Waals surface area contributed by atoms with E-state index in [1.54, 1.807) is 6.07 Å². The van der Waals surface area contributed by atoms with Crippen LogP contribution in [0, 0.1) is 5.41 Å². The largest absolute Gasteiger partial charge is 0.493 e. The summed E-state index contributed by atoms with van der Waals surface area (Å²) in [7, 11) is 0. The number of nitrogens with zero attached hydrogens (tertiary/aromatic N) is 2. The molecule has 0 saturated heterocycles. The summed E-state index contributed by atoms with van der Waals surface area (Å²) in [6, 6.07) is 13.4. The number of anilines is 1. The molecule has 0 aliphatic carbocycles. The molecular weight excluding hydrogens is 472 g/mol. The van der Waals surface area contributed by atoms with Crippen molar-refractivity contribution in [3.05, 3.63) is 63.9 Å². The van der Waals surface area contributed by atoms with Crippen molar-refractivity contribution in [3.63, 3.8) is 0 Å². The Morgan fingerprint density at radius 3 is 2.86 bits per heavy atom. The number of aliphatic imine (C=N–C) groups is 1. The van der Waals surface area contributed by atoms with Gasteiger partial charge in [0.1, 0.15) is 5.75 Å². The molecule has 10 heteroatoms. The second-order valence-electron chi connectivity index (χ2n) is 10.2. The van der Waals surface area contributed by atoms with Gasteiger partial charge in [0, 0.05) is 37.7 Å². The molecule has 5 rings (SSSR count). The van der Waals surface area contributed by atoms with Crippen molar-refractivity contribution < 1.29 is 14.4 Å². The molecule has 37 heavy (non-hydrogen) atoms. The lowest BCUT2D eigenvalue weighted by molar-refractivity contribution is -0.121. The molecule has 0 bridgehead atoms. The van der Waals surface area contributed by atoms with Crippen molar-refractivity contribution >= 4 is 28.4 Å². The standard InChI is InChI=1S/C27H32N6O4/c1-27(2,16-29-25-19-6-3-4-7-20(19)26(35)32-31-25)15-28-22(34)8-5-9-23-30-24(33-37-23)18-10-11-21-17(14-18)12-13-36-21/h3-4,6-7,10-11,14,24,33H,5,8-9,12-13,15-16H2,1-2H3,(H,28,34)(H,29,31)(H,32,35). The van der Waals surface area contributed by atoms with Crippen molar-refractivity contribution in [1.82, 2.24) is 21.0 Å². The molecular formula is C27H32N6O4. The summed E-state index contributed by atoms with van der Waals surface area (Å²) in [5.41, 5.74) is 4.75. The SMILES string of the molecule is CC(C)(CNC(=O)CCCC1=NC(c2ccc3c(c2)CCO3)NO1)CNc1n[nH]c(=O)c2ccccc12. The molecule has 194 valence electrons. The molecule has 2 aliphatic rings. The van der Waals surface area contributed by atoms with Crippen LogP contribution in [0.15, 0.2) is 52.3 Å². The second-order valence-corrected chi connectivity index (χ2v) is 10.2. The lowest BCUT2D eigenvalue weighted by Gasteiger charge is -2.26. The number of ether oxygens (including phenoxy) is 1. The number of benzene rings is 2. The van der Waals surface area contributed by atoms with Crippen molar-refractivity contribution in [2.24, 2.45) is 10.4 Å². The zero-order valence-electron chi connectivity index (χ0n) is 21.1. The number of aromatic nitrogens is 2. The van der Waals surface area contributed by atoms with Gasteiger partial charge in [-0.05, 0) is 41.2 Å². The van der Waals surface area contributed by atoms with Crippen molar-refractivity contribution in [1.29, 1.82) is 0 Å². The highest BCUT2D eigenvalue weighted by atomic mass is 16.7. The molecule has 1 aromatic heterocycles. The first-order valence-electron chi connectivity index (χ1n) is 12.6. The summed E-state index contributed by atoms with van der Waals surface area (Å²) in [6.45, 7) is 5.92. The van der Waals surface area contributed by atoms with Gasteiger partial charge in [0.25, 0.3) is 5.56 Å². The molecule has 4 N–H and O–H groups in total. The van der Waals surface area contributed by atoms with Crippen LogP contribution in [0.3, 0.4) is 0 Å². The van der Waals surface area contributed by atoms with Gasteiger partial charge < -0.3 is 20.2 Å². The van der Waals surface area contributed by atoms with Gasteiger partial charge >= 0.3 is 0 Å². The number of hydrogen-bond donors (Lipinski definition) is 4. The van der Waals surface area contributed by atoms with Gasteiger partial charge in [0.15, 0.2) is 12.0 Å². The molecule has 2 aromatic carbocycles. The van der Waals surface area contributed by atoms with E-state index in [2.05, 4.69) is 51.2 Å². The Hall–Kier alpha value is -3.92. The molecule has 1 unspecified atom stereocenters. The quantitative estimate of drug-likeness (QED) is 0.334. The minimum Gasteiger partial charge on any atom is -0.493 e. The third-order valence-electron chi connectivity index (χ3n) is 6.58. The minimum absolute atomic E-state index is 0.0116. The van der Waals surface area contributed by atoms with E-state index in [4.69, 9.17) is 9.57 Å². The number of rotatable bonds is 10. The van der Waals surface area contributed by atoms with Crippen LogP contribution in [0.5, 0.6) is 5.75 Å². The number of carbonyl (C=O) groups is 1. The van der Waals surface area contributed by atoms with Gasteiger partial charge in [0.05, 0.1) is 12.0 Å². The summed E-state index contributed by atoms with van der Waals surface area (Å²) < 4.78 is 5.56. The first-order valence-corrected chi connectivity index (χ1v) is 12.6. The number of amides is 1. The third kappa shape index (κ3) is 5.91. The number of H-pyrrole nitrogens is 1. The van der Waals surface area contributed by atoms with Crippen LogP contribution in [0.1, 0.15) is 50.4 Å². The number of fused-ring (bicyclic) bond motifs is 2. The summed E-state index contributed by atoms with van der Waals surface area (Å²) in [5.74, 6) is 2.16. The van der Waals surface area contributed by atoms with E-state index in [0.29, 0.717) is 49.5 Å². The van der Waals surface area contributed by atoms with E-state index in [0.717, 1.165) is 29.7 Å². The molecule has 1 atom stereocenters. The highest BCUT2D eigenvalue weighted by Crippen LogP contribution is 2.30. The van der Waals surface area contributed by atoms with E-state index in [9.17, 15) is 9.59 Å². The second kappa shape index (κ2) is 10.6. The van der Waals surface area contributed by atoms with Gasteiger partial charge in [-0.3, -0.25) is 9.59 Å². The maximum absolute atomic E-state index is 12.5. The summed E-state index contributed by atoms with van der Waals surface area (Å²) in [5, 5.41) is 14.4. The highest BCUT2D eigenvalue weighted by molar-refractivity contribution is 5.90. The van der Waals surface area contributed by atoms with Crippen molar-refractivity contribution in [3.8, 4) is 5.75 Å².